The maximum atomic E-state index is 12.6. The van der Waals surface area contributed by atoms with Crippen LogP contribution in [0.4, 0.5) is 0 Å². The van der Waals surface area contributed by atoms with Gasteiger partial charge in [-0.3, -0.25) is 0 Å². The summed E-state index contributed by atoms with van der Waals surface area (Å²) in [7, 11) is 0. The predicted molar refractivity (Wildman–Crippen MR) is 230 cm³/mol. The Kier molecular flexibility index (Phi) is 20.5. The van der Waals surface area contributed by atoms with Gasteiger partial charge in [0.25, 0.3) is 0 Å². The van der Waals surface area contributed by atoms with Crippen LogP contribution in [-0.4, -0.2) is 367 Å². The zero-order chi connectivity index (χ0) is 57.8. The molecule has 0 aliphatic carbocycles. The molecule has 21 N–H and O–H groups in total. The van der Waals surface area contributed by atoms with Crippen molar-refractivity contribution in [2.75, 3.05) is 33.0 Å². The number of hydrogen-bond donors (Lipinski definition) is 21. The molecule has 456 valence electrons. The summed E-state index contributed by atoms with van der Waals surface area (Å²) < 4.78 is 77.9. The number of hydrogen-bond acceptors (Lipinski definition) is 35. The summed E-state index contributed by atoms with van der Waals surface area (Å²) in [6.45, 7) is -5.66. The van der Waals surface area contributed by atoms with Crippen LogP contribution in [0.15, 0.2) is 0 Å². The molecule has 21 heterocycles. The number of aliphatic carboxylic acids is 2. The third kappa shape index (κ3) is 12.2. The minimum Gasteiger partial charge on any atom is -0.479 e. The monoisotopic (exact) mass is 1160 g/mol. The summed E-state index contributed by atoms with van der Waals surface area (Å²) in [5.74, 6) is -3.90. The number of carboxylic acids is 2. The highest BCUT2D eigenvalue weighted by molar-refractivity contribution is 5.74. The van der Waals surface area contributed by atoms with Crippen molar-refractivity contribution in [3.63, 3.8) is 0 Å². The molecule has 21 aliphatic heterocycles. The van der Waals surface area contributed by atoms with Gasteiger partial charge in [-0.1, -0.05) is 0 Å². The van der Waals surface area contributed by atoms with E-state index < -0.39 is 260 Å². The topological polar surface area (TPSA) is 588 Å². The Morgan fingerprint density at radius 1 is 0.228 bits per heavy atom. The molecule has 0 radical (unpaired) electrons. The van der Waals surface area contributed by atoms with Gasteiger partial charge in [0.05, 0.1) is 33.0 Å². The van der Waals surface area contributed by atoms with Gasteiger partial charge in [-0.25, -0.2) is 9.59 Å². The minimum atomic E-state index is -2.42. The van der Waals surface area contributed by atoms with Crippen LogP contribution in [0.2, 0.25) is 0 Å². The largest absolute Gasteiger partial charge is 0.479 e. The minimum absolute atomic E-state index is 1.10. The van der Waals surface area contributed by atoms with Crippen molar-refractivity contribution >= 4 is 11.9 Å². The molecule has 0 aromatic heterocycles. The Morgan fingerprint density at radius 3 is 0.544 bits per heavy atom. The molecule has 21 aliphatic rings. The molecule has 0 spiro atoms. The van der Waals surface area contributed by atoms with Crippen molar-refractivity contribution in [2.24, 2.45) is 0 Å². The fraction of sp³-hybridized carbons (Fsp3) is 0.952. The summed E-state index contributed by atoms with van der Waals surface area (Å²) >= 11 is 0. The molecule has 21 fully saturated rings. The molecule has 0 aromatic rings. The smallest absolute Gasteiger partial charge is 0.335 e. The van der Waals surface area contributed by atoms with Crippen molar-refractivity contribution in [1.29, 1.82) is 0 Å². The van der Waals surface area contributed by atoms with Crippen molar-refractivity contribution in [3.05, 3.63) is 0 Å². The molecule has 21 rings (SSSR count). The Morgan fingerprint density at radius 2 is 0.380 bits per heavy atom. The van der Waals surface area contributed by atoms with Gasteiger partial charge in [0.1, 0.15) is 159 Å². The van der Waals surface area contributed by atoms with Gasteiger partial charge in [-0.2, -0.15) is 0 Å². The van der Waals surface area contributed by atoms with E-state index in [1.807, 2.05) is 0 Å². The Balaban J connectivity index is 1.09. The number of aliphatic hydroxyl groups excluding tert-OH is 19. The van der Waals surface area contributed by atoms with E-state index in [1.165, 1.54) is 0 Å². The molecule has 21 saturated heterocycles. The van der Waals surface area contributed by atoms with Crippen LogP contribution in [0.25, 0.3) is 0 Å². The third-order valence-electron chi connectivity index (χ3n) is 14.7. The normalized spacial score (nSPS) is 54.1. The molecular formula is C42H66O37. The standard InChI is InChI=1S/C42H66O37/c43-1-6-25-11(48)18(55)36(66-6)72-26-7(2-44)69-39(21(58)14(26)51)76-30-17(54)24(61)42(79-32(30)34(62)63)75-29-10(5-47)68-38(20(57)13(29)50)73-27-8(3-45)70-40(22(59)15(27)52)77-31-16(53)23(60)41(78-33(31)35(64)65)74-28-9(4-46)67-37(71-25)19(56)12(28)49/h6-33,36-61H,1-5H2,(H,62,63)(H,64,65)/t6-,7-,8-,9-,10-,11-,12-,13-,14-,15-,16-,17-,18-,19-,20-,21-,22-,23-,24-,25-,26-,27-,28-,29-,30+,31+,32+,33+,36-,37-,38-,39-,40-,41+,42+/m1/s1. The molecule has 14 bridgehead atoms. The maximum absolute atomic E-state index is 12.6. The highest BCUT2D eigenvalue weighted by Gasteiger charge is 2.60. The first-order chi connectivity index (χ1) is 37.4. The summed E-state index contributed by atoms with van der Waals surface area (Å²) in [5.41, 5.74) is 0. The summed E-state index contributed by atoms with van der Waals surface area (Å²) in [6, 6.07) is 0. The van der Waals surface area contributed by atoms with Crippen molar-refractivity contribution in [1.82, 2.24) is 0 Å². The Hall–Kier alpha value is -2.38. The lowest BCUT2D eigenvalue weighted by Gasteiger charge is -2.49. The van der Waals surface area contributed by atoms with Gasteiger partial charge < -0.3 is 174 Å². The van der Waals surface area contributed by atoms with E-state index in [-0.39, 0.29) is 0 Å². The first-order valence-corrected chi connectivity index (χ1v) is 24.6. The van der Waals surface area contributed by atoms with Gasteiger partial charge in [-0.15, -0.1) is 0 Å². The zero-order valence-corrected chi connectivity index (χ0v) is 40.7. The van der Waals surface area contributed by atoms with E-state index >= 15 is 0 Å². The second-order valence-corrected chi connectivity index (χ2v) is 19.7. The second kappa shape index (κ2) is 25.9. The van der Waals surface area contributed by atoms with Gasteiger partial charge in [0.15, 0.2) is 56.2 Å². The average Bonchev–Trinajstić information content (AvgIpc) is 3.53. The van der Waals surface area contributed by atoms with Gasteiger partial charge in [-0.05, 0) is 0 Å². The van der Waals surface area contributed by atoms with Crippen LogP contribution in [0.1, 0.15) is 0 Å². The fourth-order valence-corrected chi connectivity index (χ4v) is 10.3. The fourth-order valence-electron chi connectivity index (χ4n) is 10.3. The predicted octanol–water partition coefficient (Wildman–Crippen LogP) is -15.0. The second-order valence-electron chi connectivity index (χ2n) is 19.7. The van der Waals surface area contributed by atoms with E-state index in [0.29, 0.717) is 0 Å². The van der Waals surface area contributed by atoms with Gasteiger partial charge in [0, 0.05) is 0 Å². The highest BCUT2D eigenvalue weighted by Crippen LogP contribution is 2.39. The zero-order valence-electron chi connectivity index (χ0n) is 40.7. The lowest BCUT2D eigenvalue weighted by molar-refractivity contribution is -0.394. The molecule has 0 aromatic carbocycles. The van der Waals surface area contributed by atoms with E-state index in [4.69, 9.17) is 66.3 Å². The summed E-state index contributed by atoms with van der Waals surface area (Å²) in [4.78, 5) is 25.2. The molecular weight excluding hydrogens is 1100 g/mol. The van der Waals surface area contributed by atoms with Crippen molar-refractivity contribution < 1.29 is 183 Å². The number of ether oxygens (including phenoxy) is 14. The van der Waals surface area contributed by atoms with Crippen LogP contribution in [0, 0.1) is 0 Å². The SMILES string of the molecule is O=C(O)[C@H]1O[C@@H]2O[C@H]3[C@H](O)[C@@H](O)[C@@H](O[C@H]4[C@H](O)[C@@H](O)[C@@H](O[C@H]5[C@H](O)[C@@H](O)[C@@H](O[C@H]6[C@H](O)[C@@H](O)[C@@H](O[C@H]7[C@H](O)[C@@H](O)[C@@H](O[C@H]8[C@H](O)[C@@H](O)[C@@H](O[C@H]1[C@H](O)[C@H]2O)O[C@@H]8CO)O[C@@H]7CO)O[C@@H]6C(=O)O)O[C@@H]5CO)O[C@@H]4CO)O[C@@H]3CO. The quantitative estimate of drug-likeness (QED) is 0.113. The number of carbonyl (C=O) groups is 2. The van der Waals surface area contributed by atoms with Crippen LogP contribution < -0.4 is 0 Å². The van der Waals surface area contributed by atoms with Crippen molar-refractivity contribution in [2.45, 2.75) is 215 Å². The molecule has 37 heteroatoms. The van der Waals surface area contributed by atoms with Gasteiger partial charge >= 0.3 is 11.9 Å². The first kappa shape index (κ1) is 62.7. The van der Waals surface area contributed by atoms with E-state index in [9.17, 15) is 117 Å². The molecule has 0 amide bonds. The lowest BCUT2D eigenvalue weighted by atomic mass is 9.95. The highest BCUT2D eigenvalue weighted by atomic mass is 16.8. The average molecular weight is 1160 g/mol. The van der Waals surface area contributed by atoms with E-state index in [2.05, 4.69) is 0 Å². The summed E-state index contributed by atoms with van der Waals surface area (Å²) in [5, 5.41) is 230. The number of aliphatic hydroxyl groups is 19. The molecule has 37 nitrogen and oxygen atoms in total. The molecule has 79 heavy (non-hydrogen) atoms. The molecule has 0 saturated carbocycles. The maximum Gasteiger partial charge on any atom is 0.335 e. The third-order valence-corrected chi connectivity index (χ3v) is 14.7. The van der Waals surface area contributed by atoms with Gasteiger partial charge in [0.2, 0.25) is 0 Å². The van der Waals surface area contributed by atoms with Crippen LogP contribution in [0.5, 0.6) is 0 Å². The van der Waals surface area contributed by atoms with E-state index in [0.717, 1.165) is 0 Å². The first-order valence-electron chi connectivity index (χ1n) is 24.6. The molecule has 35 atom stereocenters. The van der Waals surface area contributed by atoms with Crippen LogP contribution in [0.3, 0.4) is 0 Å². The van der Waals surface area contributed by atoms with Crippen LogP contribution >= 0.6 is 0 Å². The van der Waals surface area contributed by atoms with E-state index in [1.54, 1.807) is 0 Å². The Labute approximate surface area is 442 Å². The number of carboxylic acid groups (broad SMARTS) is 2. The van der Waals surface area contributed by atoms with Crippen LogP contribution in [-0.2, 0) is 75.9 Å². The number of rotatable bonds is 7. The molecule has 0 unspecified atom stereocenters. The lowest BCUT2D eigenvalue weighted by Crippen LogP contribution is -2.68. The summed E-state index contributed by atoms with van der Waals surface area (Å²) in [6.07, 6.45) is -76.6. The van der Waals surface area contributed by atoms with Crippen molar-refractivity contribution in [3.8, 4) is 0 Å². The Bertz CT molecular complexity index is 1970.